The second-order valence-corrected chi connectivity index (χ2v) is 9.12. The summed E-state index contributed by atoms with van der Waals surface area (Å²) in [6, 6.07) is 0. The fourth-order valence-electron chi connectivity index (χ4n) is 2.89. The molecule has 2 aromatic heterocycles. The normalized spacial score (nSPS) is 16.1. The van der Waals surface area contributed by atoms with Crippen molar-refractivity contribution in [3.8, 4) is 0 Å². The van der Waals surface area contributed by atoms with Gasteiger partial charge in [0.05, 0.1) is 24.2 Å². The molecule has 9 heteroatoms. The minimum absolute atomic E-state index is 0.237. The number of hydrogen-bond acceptors (Lipinski definition) is 9. The molecule has 0 unspecified atom stereocenters. The number of esters is 1. The summed E-state index contributed by atoms with van der Waals surface area (Å²) in [6.45, 7) is 8.83. The van der Waals surface area contributed by atoms with Crippen LogP contribution in [0.4, 0.5) is 5.82 Å². The molecule has 1 aliphatic heterocycles. The summed E-state index contributed by atoms with van der Waals surface area (Å²) < 4.78 is 11.1. The van der Waals surface area contributed by atoms with E-state index < -0.39 is 5.97 Å². The number of anilines is 1. The SMILES string of the molecule is CCCCOC(=O)C(C)=NNc1nc(SC)nc2sc3c(c12)CC(C)(C)OC3. The third-order valence-electron chi connectivity index (χ3n) is 4.45. The van der Waals surface area contributed by atoms with Crippen molar-refractivity contribution in [2.45, 2.75) is 64.3 Å². The van der Waals surface area contributed by atoms with E-state index >= 15 is 0 Å². The lowest BCUT2D eigenvalue weighted by molar-refractivity contribution is -0.135. The molecule has 0 spiro atoms. The summed E-state index contributed by atoms with van der Waals surface area (Å²) in [7, 11) is 0. The zero-order chi connectivity index (χ0) is 20.3. The molecule has 2 aromatic rings. The van der Waals surface area contributed by atoms with Crippen molar-refractivity contribution in [3.63, 3.8) is 0 Å². The maximum Gasteiger partial charge on any atom is 0.354 e. The molecule has 3 heterocycles. The summed E-state index contributed by atoms with van der Waals surface area (Å²) in [5, 5.41) is 5.85. The minimum Gasteiger partial charge on any atom is -0.461 e. The van der Waals surface area contributed by atoms with Gasteiger partial charge >= 0.3 is 5.97 Å². The van der Waals surface area contributed by atoms with Crippen molar-refractivity contribution in [3.05, 3.63) is 10.4 Å². The fourth-order valence-corrected chi connectivity index (χ4v) is 4.42. The highest BCUT2D eigenvalue weighted by Crippen LogP contribution is 2.41. The highest BCUT2D eigenvalue weighted by molar-refractivity contribution is 7.98. The van der Waals surface area contributed by atoms with Crippen LogP contribution in [0.5, 0.6) is 0 Å². The molecule has 0 atom stereocenters. The fraction of sp³-hybridized carbons (Fsp3) is 0.579. The molecule has 1 aliphatic rings. The van der Waals surface area contributed by atoms with Crippen LogP contribution in [0.25, 0.3) is 10.2 Å². The Balaban J connectivity index is 1.92. The van der Waals surface area contributed by atoms with Crippen LogP contribution >= 0.6 is 23.1 Å². The van der Waals surface area contributed by atoms with Crippen molar-refractivity contribution in [1.29, 1.82) is 0 Å². The van der Waals surface area contributed by atoms with Crippen LogP contribution in [-0.4, -0.2) is 40.1 Å². The molecule has 0 amide bonds. The van der Waals surface area contributed by atoms with Gasteiger partial charge in [0.2, 0.25) is 0 Å². The molecule has 0 saturated heterocycles. The molecule has 0 saturated carbocycles. The minimum atomic E-state index is -0.418. The third-order valence-corrected chi connectivity index (χ3v) is 6.10. The lowest BCUT2D eigenvalue weighted by atomic mass is 9.94. The zero-order valence-electron chi connectivity index (χ0n) is 16.9. The maximum atomic E-state index is 12.0. The van der Waals surface area contributed by atoms with Gasteiger partial charge in [-0.3, -0.25) is 5.43 Å². The first-order valence-corrected chi connectivity index (χ1v) is 11.4. The molecule has 0 fully saturated rings. The largest absolute Gasteiger partial charge is 0.461 e. The molecule has 0 radical (unpaired) electrons. The van der Waals surface area contributed by atoms with Gasteiger partial charge in [-0.25, -0.2) is 14.8 Å². The van der Waals surface area contributed by atoms with Crippen LogP contribution < -0.4 is 5.43 Å². The Morgan fingerprint density at radius 2 is 2.21 bits per heavy atom. The predicted molar refractivity (Wildman–Crippen MR) is 114 cm³/mol. The Morgan fingerprint density at radius 1 is 1.43 bits per heavy atom. The number of fused-ring (bicyclic) bond motifs is 3. The van der Waals surface area contributed by atoms with Gasteiger partial charge in [0.25, 0.3) is 0 Å². The molecule has 3 rings (SSSR count). The van der Waals surface area contributed by atoms with Gasteiger partial charge in [0.1, 0.15) is 10.5 Å². The van der Waals surface area contributed by atoms with E-state index in [1.807, 2.05) is 13.2 Å². The van der Waals surface area contributed by atoms with E-state index in [2.05, 4.69) is 34.3 Å². The number of unbranched alkanes of at least 4 members (excludes halogenated alkanes) is 1. The molecule has 152 valence electrons. The first-order valence-electron chi connectivity index (χ1n) is 9.32. The van der Waals surface area contributed by atoms with Gasteiger partial charge in [-0.05, 0) is 39.0 Å². The first-order chi connectivity index (χ1) is 13.3. The van der Waals surface area contributed by atoms with E-state index in [1.165, 1.54) is 22.2 Å². The molecular weight excluding hydrogens is 396 g/mol. The number of rotatable bonds is 7. The van der Waals surface area contributed by atoms with Crippen molar-refractivity contribution >= 4 is 50.8 Å². The lowest BCUT2D eigenvalue weighted by Crippen LogP contribution is -2.31. The average Bonchev–Trinajstić information content (AvgIpc) is 3.02. The molecule has 1 N–H and O–H groups in total. The maximum absolute atomic E-state index is 12.0. The smallest absolute Gasteiger partial charge is 0.354 e. The number of thiophene rings is 1. The van der Waals surface area contributed by atoms with Crippen LogP contribution in [0.3, 0.4) is 0 Å². The van der Waals surface area contributed by atoms with Crippen molar-refractivity contribution in [2.24, 2.45) is 5.10 Å². The summed E-state index contributed by atoms with van der Waals surface area (Å²) in [5.41, 5.74) is 4.21. The van der Waals surface area contributed by atoms with Gasteiger partial charge in [-0.2, -0.15) is 5.10 Å². The van der Waals surface area contributed by atoms with E-state index in [-0.39, 0.29) is 11.3 Å². The number of carbonyl (C=O) groups excluding carboxylic acids is 1. The predicted octanol–water partition coefficient (Wildman–Crippen LogP) is 4.40. The summed E-state index contributed by atoms with van der Waals surface area (Å²) in [4.78, 5) is 23.4. The molecular formula is C19H26N4O3S2. The summed E-state index contributed by atoms with van der Waals surface area (Å²) in [5.74, 6) is 0.198. The zero-order valence-corrected chi connectivity index (χ0v) is 18.6. The molecule has 0 aliphatic carbocycles. The number of aromatic nitrogens is 2. The summed E-state index contributed by atoms with van der Waals surface area (Å²) in [6.07, 6.45) is 4.53. The Bertz CT molecular complexity index is 908. The van der Waals surface area contributed by atoms with E-state index in [1.54, 1.807) is 18.3 Å². The van der Waals surface area contributed by atoms with Crippen LogP contribution in [0.2, 0.25) is 0 Å². The first kappa shape index (κ1) is 21.0. The number of nitrogens with one attached hydrogen (secondary N) is 1. The van der Waals surface area contributed by atoms with Gasteiger partial charge in [-0.15, -0.1) is 11.3 Å². The quantitative estimate of drug-likeness (QED) is 0.177. The Kier molecular flexibility index (Phi) is 6.57. The second-order valence-electron chi connectivity index (χ2n) is 7.27. The summed E-state index contributed by atoms with van der Waals surface area (Å²) >= 11 is 3.10. The lowest BCUT2D eigenvalue weighted by Gasteiger charge is -2.30. The van der Waals surface area contributed by atoms with E-state index in [9.17, 15) is 4.79 Å². The topological polar surface area (TPSA) is 85.7 Å². The van der Waals surface area contributed by atoms with E-state index in [4.69, 9.17) is 9.47 Å². The standard InChI is InChI=1S/C19H26N4O3S2/c1-6-7-8-25-17(24)11(2)22-23-15-14-12-9-19(3,4)26-10-13(12)28-16(14)21-18(20-15)27-5/h6-10H2,1-5H3,(H,20,21,23). The Labute approximate surface area is 173 Å². The van der Waals surface area contributed by atoms with Crippen molar-refractivity contribution in [1.82, 2.24) is 9.97 Å². The van der Waals surface area contributed by atoms with Gasteiger partial charge in [0, 0.05) is 11.3 Å². The molecule has 0 bridgehead atoms. The Hall–Kier alpha value is -1.71. The van der Waals surface area contributed by atoms with E-state index in [0.717, 1.165) is 29.5 Å². The molecule has 28 heavy (non-hydrogen) atoms. The molecule has 7 nitrogen and oxygen atoms in total. The Morgan fingerprint density at radius 3 is 2.93 bits per heavy atom. The number of nitrogens with zero attached hydrogens (tertiary/aromatic N) is 3. The third kappa shape index (κ3) is 4.64. The van der Waals surface area contributed by atoms with Crippen LogP contribution in [0, 0.1) is 0 Å². The van der Waals surface area contributed by atoms with Crippen LogP contribution in [0.1, 0.15) is 51.0 Å². The number of ether oxygens (including phenoxy) is 2. The highest BCUT2D eigenvalue weighted by Gasteiger charge is 2.31. The number of hydrogen-bond donors (Lipinski definition) is 1. The number of carbonyl (C=O) groups is 1. The monoisotopic (exact) mass is 422 g/mol. The van der Waals surface area contributed by atoms with Crippen LogP contribution in [0.15, 0.2) is 10.3 Å². The van der Waals surface area contributed by atoms with Gasteiger partial charge < -0.3 is 9.47 Å². The highest BCUT2D eigenvalue weighted by atomic mass is 32.2. The van der Waals surface area contributed by atoms with Gasteiger partial charge in [-0.1, -0.05) is 25.1 Å². The number of thioether (sulfide) groups is 1. The van der Waals surface area contributed by atoms with Crippen molar-refractivity contribution < 1.29 is 14.3 Å². The van der Waals surface area contributed by atoms with Crippen LogP contribution in [-0.2, 0) is 27.3 Å². The molecule has 0 aromatic carbocycles. The van der Waals surface area contributed by atoms with Gasteiger partial charge in [0.15, 0.2) is 11.0 Å². The van der Waals surface area contributed by atoms with Crippen molar-refractivity contribution in [2.75, 3.05) is 18.3 Å². The second kappa shape index (κ2) is 8.75. The number of hydrazone groups is 1. The average molecular weight is 423 g/mol. The van der Waals surface area contributed by atoms with E-state index in [0.29, 0.717) is 24.2 Å².